The highest BCUT2D eigenvalue weighted by atomic mass is 79.9. The Morgan fingerprint density at radius 3 is 2.75 bits per heavy atom. The van der Waals surface area contributed by atoms with Gasteiger partial charge in [-0.1, -0.05) is 22.0 Å². The second-order valence-electron chi connectivity index (χ2n) is 4.20. The van der Waals surface area contributed by atoms with E-state index in [1.54, 1.807) is 0 Å². The van der Waals surface area contributed by atoms with E-state index in [2.05, 4.69) is 45.5 Å². The normalized spacial score (nSPS) is 19.6. The lowest BCUT2D eigenvalue weighted by molar-refractivity contribution is 0.420. The highest BCUT2D eigenvalue weighted by Crippen LogP contribution is 2.39. The zero-order chi connectivity index (χ0) is 11.4. The largest absolute Gasteiger partial charge is 0.329 e. The van der Waals surface area contributed by atoms with Crippen molar-refractivity contribution in [3.8, 4) is 0 Å². The SMILES string of the molecule is NCC1(Sc2cccc(Br)c2)CCNCC1. The molecule has 0 saturated carbocycles. The van der Waals surface area contributed by atoms with Crippen molar-refractivity contribution >= 4 is 27.7 Å². The van der Waals surface area contributed by atoms with Crippen molar-refractivity contribution in [1.82, 2.24) is 5.32 Å². The summed E-state index contributed by atoms with van der Waals surface area (Å²) in [6.07, 6.45) is 2.31. The van der Waals surface area contributed by atoms with E-state index in [4.69, 9.17) is 5.73 Å². The molecule has 0 bridgehead atoms. The first-order valence-corrected chi connectivity index (χ1v) is 7.20. The molecular formula is C12H17BrN2S. The maximum Gasteiger partial charge on any atom is 0.0353 e. The van der Waals surface area contributed by atoms with Crippen LogP contribution in [-0.4, -0.2) is 24.4 Å². The second-order valence-corrected chi connectivity index (χ2v) is 6.65. The van der Waals surface area contributed by atoms with Gasteiger partial charge in [-0.15, -0.1) is 11.8 Å². The van der Waals surface area contributed by atoms with Gasteiger partial charge in [0.2, 0.25) is 0 Å². The summed E-state index contributed by atoms with van der Waals surface area (Å²) in [5.74, 6) is 0. The van der Waals surface area contributed by atoms with Gasteiger partial charge in [-0.2, -0.15) is 0 Å². The van der Waals surface area contributed by atoms with Crippen LogP contribution in [0.2, 0.25) is 0 Å². The number of piperidine rings is 1. The number of hydrogen-bond acceptors (Lipinski definition) is 3. The average molecular weight is 301 g/mol. The van der Waals surface area contributed by atoms with E-state index in [1.165, 1.54) is 4.90 Å². The average Bonchev–Trinajstić information content (AvgIpc) is 2.30. The van der Waals surface area contributed by atoms with Crippen molar-refractivity contribution in [2.24, 2.45) is 5.73 Å². The summed E-state index contributed by atoms with van der Waals surface area (Å²) in [6.45, 7) is 2.92. The molecule has 0 radical (unpaired) electrons. The zero-order valence-corrected chi connectivity index (χ0v) is 11.6. The molecule has 0 spiro atoms. The van der Waals surface area contributed by atoms with Crippen LogP contribution in [0.4, 0.5) is 0 Å². The van der Waals surface area contributed by atoms with Gasteiger partial charge in [-0.05, 0) is 44.1 Å². The predicted molar refractivity (Wildman–Crippen MR) is 73.9 cm³/mol. The van der Waals surface area contributed by atoms with Crippen LogP contribution < -0.4 is 11.1 Å². The monoisotopic (exact) mass is 300 g/mol. The van der Waals surface area contributed by atoms with Gasteiger partial charge >= 0.3 is 0 Å². The Balaban J connectivity index is 2.11. The van der Waals surface area contributed by atoms with Gasteiger partial charge in [0.25, 0.3) is 0 Å². The van der Waals surface area contributed by atoms with Crippen molar-refractivity contribution in [2.75, 3.05) is 19.6 Å². The third kappa shape index (κ3) is 3.00. The first-order chi connectivity index (χ1) is 7.74. The molecule has 1 aromatic carbocycles. The first-order valence-electron chi connectivity index (χ1n) is 5.59. The minimum absolute atomic E-state index is 0.228. The van der Waals surface area contributed by atoms with Crippen molar-refractivity contribution in [3.05, 3.63) is 28.7 Å². The van der Waals surface area contributed by atoms with E-state index < -0.39 is 0 Å². The smallest absolute Gasteiger partial charge is 0.0353 e. The van der Waals surface area contributed by atoms with Gasteiger partial charge in [0.05, 0.1) is 0 Å². The van der Waals surface area contributed by atoms with E-state index in [1.807, 2.05) is 11.8 Å². The Morgan fingerprint density at radius 1 is 1.38 bits per heavy atom. The minimum atomic E-state index is 0.228. The van der Waals surface area contributed by atoms with Gasteiger partial charge in [0, 0.05) is 20.7 Å². The molecule has 2 rings (SSSR count). The van der Waals surface area contributed by atoms with Crippen LogP contribution >= 0.6 is 27.7 Å². The van der Waals surface area contributed by atoms with E-state index in [9.17, 15) is 0 Å². The summed E-state index contributed by atoms with van der Waals surface area (Å²) >= 11 is 5.44. The highest BCUT2D eigenvalue weighted by Gasteiger charge is 2.31. The molecule has 1 aliphatic heterocycles. The van der Waals surface area contributed by atoms with Crippen LogP contribution in [-0.2, 0) is 0 Å². The highest BCUT2D eigenvalue weighted by molar-refractivity contribution is 9.10. The molecule has 16 heavy (non-hydrogen) atoms. The summed E-state index contributed by atoms with van der Waals surface area (Å²) in [4.78, 5) is 1.31. The van der Waals surface area contributed by atoms with Crippen molar-refractivity contribution in [3.63, 3.8) is 0 Å². The standard InChI is InChI=1S/C12H17BrN2S/c13-10-2-1-3-11(8-10)16-12(9-14)4-6-15-7-5-12/h1-3,8,15H,4-7,9,14H2. The zero-order valence-electron chi connectivity index (χ0n) is 9.21. The number of hydrogen-bond donors (Lipinski definition) is 2. The fourth-order valence-electron chi connectivity index (χ4n) is 2.01. The van der Waals surface area contributed by atoms with E-state index in [-0.39, 0.29) is 4.75 Å². The maximum absolute atomic E-state index is 5.96. The number of nitrogens with one attached hydrogen (secondary N) is 1. The molecular weight excluding hydrogens is 284 g/mol. The lowest BCUT2D eigenvalue weighted by Crippen LogP contribution is -2.44. The van der Waals surface area contributed by atoms with Crippen molar-refractivity contribution in [2.45, 2.75) is 22.5 Å². The van der Waals surface area contributed by atoms with Crippen LogP contribution in [0.3, 0.4) is 0 Å². The van der Waals surface area contributed by atoms with E-state index in [0.717, 1.165) is 36.9 Å². The van der Waals surface area contributed by atoms with Crippen molar-refractivity contribution < 1.29 is 0 Å². The third-order valence-corrected chi connectivity index (χ3v) is 5.01. The number of nitrogens with two attached hydrogens (primary N) is 1. The lowest BCUT2D eigenvalue weighted by Gasteiger charge is -2.36. The number of benzene rings is 1. The molecule has 1 fully saturated rings. The third-order valence-electron chi connectivity index (χ3n) is 3.02. The van der Waals surface area contributed by atoms with Crippen LogP contribution in [0, 0.1) is 0 Å². The Kier molecular flexibility index (Phi) is 4.30. The summed E-state index contributed by atoms with van der Waals surface area (Å²) < 4.78 is 1.37. The molecule has 1 saturated heterocycles. The first kappa shape index (κ1) is 12.4. The van der Waals surface area contributed by atoms with Crippen LogP contribution in [0.5, 0.6) is 0 Å². The van der Waals surface area contributed by atoms with Gasteiger partial charge < -0.3 is 11.1 Å². The van der Waals surface area contributed by atoms with Crippen LogP contribution in [0.25, 0.3) is 0 Å². The fourth-order valence-corrected chi connectivity index (χ4v) is 3.89. The number of thioether (sulfide) groups is 1. The Morgan fingerprint density at radius 2 is 2.12 bits per heavy atom. The van der Waals surface area contributed by atoms with E-state index >= 15 is 0 Å². The number of rotatable bonds is 3. The van der Waals surface area contributed by atoms with Crippen LogP contribution in [0.15, 0.2) is 33.6 Å². The molecule has 1 heterocycles. The summed E-state index contributed by atoms with van der Waals surface area (Å²) in [5, 5.41) is 3.39. The Bertz CT molecular complexity index is 351. The lowest BCUT2D eigenvalue weighted by atomic mass is 9.97. The second kappa shape index (κ2) is 5.54. The topological polar surface area (TPSA) is 38.0 Å². The predicted octanol–water partition coefficient (Wildman–Crippen LogP) is 2.62. The van der Waals surface area contributed by atoms with Gasteiger partial charge in [0.15, 0.2) is 0 Å². The Hall–Kier alpha value is -0.0300. The summed E-state index contributed by atoms with van der Waals surface area (Å²) in [6, 6.07) is 8.47. The quantitative estimate of drug-likeness (QED) is 0.901. The molecule has 0 atom stereocenters. The van der Waals surface area contributed by atoms with Gasteiger partial charge in [0.1, 0.15) is 0 Å². The Labute approximate surface area is 109 Å². The molecule has 0 amide bonds. The molecule has 0 aliphatic carbocycles. The summed E-state index contributed by atoms with van der Waals surface area (Å²) in [5.41, 5.74) is 5.96. The molecule has 88 valence electrons. The molecule has 0 aromatic heterocycles. The molecule has 2 nitrogen and oxygen atoms in total. The molecule has 0 unspecified atom stereocenters. The maximum atomic E-state index is 5.96. The van der Waals surface area contributed by atoms with Gasteiger partial charge in [-0.25, -0.2) is 0 Å². The molecule has 1 aromatic rings. The van der Waals surface area contributed by atoms with E-state index in [0.29, 0.717) is 0 Å². The molecule has 1 aliphatic rings. The van der Waals surface area contributed by atoms with Crippen molar-refractivity contribution in [1.29, 1.82) is 0 Å². The molecule has 4 heteroatoms. The number of halogens is 1. The van der Waals surface area contributed by atoms with Gasteiger partial charge in [-0.3, -0.25) is 0 Å². The fraction of sp³-hybridized carbons (Fsp3) is 0.500. The summed E-state index contributed by atoms with van der Waals surface area (Å²) in [7, 11) is 0. The minimum Gasteiger partial charge on any atom is -0.329 e. The van der Waals surface area contributed by atoms with Crippen LogP contribution in [0.1, 0.15) is 12.8 Å². The molecule has 3 N–H and O–H groups in total.